The lowest BCUT2D eigenvalue weighted by Gasteiger charge is -2.00. The molecule has 6 nitrogen and oxygen atoms in total. The van der Waals surface area contributed by atoms with Crippen molar-refractivity contribution in [2.45, 2.75) is 13.5 Å². The molecule has 0 saturated carbocycles. The standard InChI is InChI=1S/C11H11N3O3S/c1-7(15)13-11-14-9(6-18-11)10(16)12-4-8-2-3-17-5-8/h2-3,5-6H,4H2,1H3,(H,12,16)(H,13,14,15). The highest BCUT2D eigenvalue weighted by Crippen LogP contribution is 2.15. The molecule has 0 spiro atoms. The van der Waals surface area contributed by atoms with E-state index in [1.807, 2.05) is 0 Å². The molecular weight excluding hydrogens is 254 g/mol. The van der Waals surface area contributed by atoms with Crippen molar-refractivity contribution in [3.63, 3.8) is 0 Å². The molecule has 0 aromatic carbocycles. The first-order chi connectivity index (χ1) is 8.65. The molecule has 94 valence electrons. The first-order valence-corrected chi connectivity index (χ1v) is 6.05. The lowest BCUT2D eigenvalue weighted by atomic mass is 10.3. The first kappa shape index (κ1) is 12.3. The number of hydrogen-bond acceptors (Lipinski definition) is 5. The quantitative estimate of drug-likeness (QED) is 0.879. The summed E-state index contributed by atoms with van der Waals surface area (Å²) < 4.78 is 4.89. The van der Waals surface area contributed by atoms with E-state index in [1.165, 1.54) is 18.3 Å². The molecule has 0 unspecified atom stereocenters. The molecule has 0 aliphatic carbocycles. The number of nitrogens with one attached hydrogen (secondary N) is 2. The van der Waals surface area contributed by atoms with Crippen LogP contribution in [0, 0.1) is 0 Å². The van der Waals surface area contributed by atoms with Gasteiger partial charge in [0.15, 0.2) is 5.13 Å². The molecule has 2 aromatic rings. The van der Waals surface area contributed by atoms with E-state index < -0.39 is 0 Å². The number of nitrogens with zero attached hydrogens (tertiary/aromatic N) is 1. The fourth-order valence-corrected chi connectivity index (χ4v) is 1.99. The summed E-state index contributed by atoms with van der Waals surface area (Å²) in [5.74, 6) is -0.501. The Morgan fingerprint density at radius 3 is 3.00 bits per heavy atom. The van der Waals surface area contributed by atoms with Crippen LogP contribution >= 0.6 is 11.3 Å². The molecule has 0 aliphatic rings. The third-order valence-electron chi connectivity index (χ3n) is 2.05. The fourth-order valence-electron chi connectivity index (χ4n) is 1.25. The second-order valence-corrected chi connectivity index (χ2v) is 4.39. The summed E-state index contributed by atoms with van der Waals surface area (Å²) in [6.07, 6.45) is 3.10. The van der Waals surface area contributed by atoms with Gasteiger partial charge in [0.2, 0.25) is 5.91 Å². The highest BCUT2D eigenvalue weighted by Gasteiger charge is 2.11. The fraction of sp³-hybridized carbons (Fsp3) is 0.182. The van der Waals surface area contributed by atoms with Crippen LogP contribution in [-0.4, -0.2) is 16.8 Å². The largest absolute Gasteiger partial charge is 0.472 e. The van der Waals surface area contributed by atoms with Gasteiger partial charge in [-0.15, -0.1) is 11.3 Å². The molecule has 2 amide bonds. The number of rotatable bonds is 4. The minimum Gasteiger partial charge on any atom is -0.472 e. The predicted molar refractivity (Wildman–Crippen MR) is 66.3 cm³/mol. The predicted octanol–water partition coefficient (Wildman–Crippen LogP) is 1.62. The van der Waals surface area contributed by atoms with Gasteiger partial charge >= 0.3 is 0 Å². The van der Waals surface area contributed by atoms with Gasteiger partial charge in [-0.25, -0.2) is 4.98 Å². The van der Waals surface area contributed by atoms with E-state index in [2.05, 4.69) is 15.6 Å². The third-order valence-corrected chi connectivity index (χ3v) is 2.81. The first-order valence-electron chi connectivity index (χ1n) is 5.17. The Bertz CT molecular complexity index is 548. The zero-order valence-electron chi connectivity index (χ0n) is 9.60. The van der Waals surface area contributed by atoms with Crippen LogP contribution in [0.2, 0.25) is 0 Å². The third kappa shape index (κ3) is 3.17. The topological polar surface area (TPSA) is 84.2 Å². The highest BCUT2D eigenvalue weighted by atomic mass is 32.1. The Morgan fingerprint density at radius 2 is 2.33 bits per heavy atom. The van der Waals surface area contributed by atoms with Crippen LogP contribution in [0.3, 0.4) is 0 Å². The summed E-state index contributed by atoms with van der Waals surface area (Å²) in [7, 11) is 0. The Kier molecular flexibility index (Phi) is 3.73. The number of furan rings is 1. The van der Waals surface area contributed by atoms with E-state index in [0.717, 1.165) is 5.56 Å². The summed E-state index contributed by atoms with van der Waals surface area (Å²) in [5, 5.41) is 7.23. The van der Waals surface area contributed by atoms with Gasteiger partial charge in [-0.2, -0.15) is 0 Å². The Hall–Kier alpha value is -2.15. The highest BCUT2D eigenvalue weighted by molar-refractivity contribution is 7.14. The Morgan fingerprint density at radius 1 is 1.50 bits per heavy atom. The number of anilines is 1. The molecule has 0 bridgehead atoms. The normalized spacial score (nSPS) is 10.1. The molecule has 0 radical (unpaired) electrons. The molecule has 0 saturated heterocycles. The maximum Gasteiger partial charge on any atom is 0.271 e. The van der Waals surface area contributed by atoms with Gasteiger partial charge in [-0.05, 0) is 6.07 Å². The van der Waals surface area contributed by atoms with Gasteiger partial charge in [-0.1, -0.05) is 0 Å². The van der Waals surface area contributed by atoms with E-state index in [9.17, 15) is 9.59 Å². The SMILES string of the molecule is CC(=O)Nc1nc(C(=O)NCc2ccoc2)cs1. The van der Waals surface area contributed by atoms with Crippen LogP contribution in [0.25, 0.3) is 0 Å². The van der Waals surface area contributed by atoms with Crippen molar-refractivity contribution in [1.82, 2.24) is 10.3 Å². The second kappa shape index (κ2) is 5.46. The minimum absolute atomic E-state index is 0.213. The molecule has 2 aromatic heterocycles. The van der Waals surface area contributed by atoms with E-state index in [-0.39, 0.29) is 17.5 Å². The number of carbonyl (C=O) groups is 2. The van der Waals surface area contributed by atoms with Crippen molar-refractivity contribution >= 4 is 28.3 Å². The zero-order valence-corrected chi connectivity index (χ0v) is 10.4. The second-order valence-electron chi connectivity index (χ2n) is 3.53. The monoisotopic (exact) mass is 265 g/mol. The van der Waals surface area contributed by atoms with Gasteiger partial charge in [0.1, 0.15) is 5.69 Å². The summed E-state index contributed by atoms with van der Waals surface area (Å²) in [5.41, 5.74) is 1.16. The van der Waals surface area contributed by atoms with E-state index in [4.69, 9.17) is 4.42 Å². The molecule has 0 aliphatic heterocycles. The molecule has 18 heavy (non-hydrogen) atoms. The number of amides is 2. The Labute approximate surface area is 107 Å². The van der Waals surface area contributed by atoms with Gasteiger partial charge in [0.25, 0.3) is 5.91 Å². The minimum atomic E-state index is -0.288. The average Bonchev–Trinajstić information content (AvgIpc) is 2.95. The van der Waals surface area contributed by atoms with Crippen LogP contribution < -0.4 is 10.6 Å². The molecule has 2 N–H and O–H groups in total. The molecule has 2 rings (SSSR count). The molecule has 0 atom stereocenters. The lowest BCUT2D eigenvalue weighted by molar-refractivity contribution is -0.114. The van der Waals surface area contributed by atoms with E-state index >= 15 is 0 Å². The van der Waals surface area contributed by atoms with Crippen molar-refractivity contribution < 1.29 is 14.0 Å². The average molecular weight is 265 g/mol. The smallest absolute Gasteiger partial charge is 0.271 e. The van der Waals surface area contributed by atoms with Crippen molar-refractivity contribution in [3.05, 3.63) is 35.2 Å². The lowest BCUT2D eigenvalue weighted by Crippen LogP contribution is -2.22. The van der Waals surface area contributed by atoms with Gasteiger partial charge in [-0.3, -0.25) is 9.59 Å². The van der Waals surface area contributed by atoms with Crippen LogP contribution in [-0.2, 0) is 11.3 Å². The summed E-state index contributed by atoms with van der Waals surface area (Å²) >= 11 is 1.21. The van der Waals surface area contributed by atoms with Gasteiger partial charge in [0.05, 0.1) is 12.5 Å². The summed E-state index contributed by atoms with van der Waals surface area (Å²) in [6, 6.07) is 1.77. The number of thiazole rings is 1. The number of hydrogen-bond donors (Lipinski definition) is 2. The van der Waals surface area contributed by atoms with Crippen LogP contribution in [0.5, 0.6) is 0 Å². The van der Waals surface area contributed by atoms with Crippen molar-refractivity contribution in [1.29, 1.82) is 0 Å². The van der Waals surface area contributed by atoms with Crippen LogP contribution in [0.4, 0.5) is 5.13 Å². The van der Waals surface area contributed by atoms with Gasteiger partial charge < -0.3 is 15.1 Å². The molecule has 7 heteroatoms. The maximum absolute atomic E-state index is 11.7. The summed E-state index contributed by atoms with van der Waals surface area (Å²) in [6.45, 7) is 1.77. The molecule has 2 heterocycles. The number of carbonyl (C=O) groups excluding carboxylic acids is 2. The van der Waals surface area contributed by atoms with Gasteiger partial charge in [0, 0.05) is 24.4 Å². The van der Waals surface area contributed by atoms with E-state index in [0.29, 0.717) is 11.7 Å². The van der Waals surface area contributed by atoms with E-state index in [1.54, 1.807) is 24.0 Å². The molecule has 0 fully saturated rings. The number of aromatic nitrogens is 1. The summed E-state index contributed by atoms with van der Waals surface area (Å²) in [4.78, 5) is 26.5. The maximum atomic E-state index is 11.7. The Balaban J connectivity index is 1.92. The van der Waals surface area contributed by atoms with Crippen molar-refractivity contribution in [2.24, 2.45) is 0 Å². The van der Waals surface area contributed by atoms with Crippen molar-refractivity contribution in [3.8, 4) is 0 Å². The zero-order chi connectivity index (χ0) is 13.0. The van der Waals surface area contributed by atoms with Crippen LogP contribution in [0.1, 0.15) is 23.0 Å². The molecular formula is C11H11N3O3S. The van der Waals surface area contributed by atoms with Crippen LogP contribution in [0.15, 0.2) is 28.4 Å². The van der Waals surface area contributed by atoms with Crippen molar-refractivity contribution in [2.75, 3.05) is 5.32 Å².